The lowest BCUT2D eigenvalue weighted by molar-refractivity contribution is -0.134. The summed E-state index contributed by atoms with van der Waals surface area (Å²) in [7, 11) is 0. The van der Waals surface area contributed by atoms with Crippen molar-refractivity contribution in [2.24, 2.45) is 5.73 Å². The van der Waals surface area contributed by atoms with E-state index in [4.69, 9.17) is 26.8 Å². The van der Waals surface area contributed by atoms with E-state index in [1.54, 1.807) is 58.3 Å². The number of para-hydroxylation sites is 1. The van der Waals surface area contributed by atoms with Gasteiger partial charge in [0.15, 0.2) is 13.2 Å². The van der Waals surface area contributed by atoms with Crippen molar-refractivity contribution in [3.05, 3.63) is 59.1 Å². The first kappa shape index (κ1) is 21.4. The Hall–Kier alpha value is -3.26. The van der Waals surface area contributed by atoms with Crippen molar-refractivity contribution < 1.29 is 23.9 Å². The highest BCUT2D eigenvalue weighted by Crippen LogP contribution is 2.21. The van der Waals surface area contributed by atoms with Gasteiger partial charge in [-0.05, 0) is 36.4 Å². The molecule has 0 aromatic heterocycles. The number of benzene rings is 2. The van der Waals surface area contributed by atoms with Gasteiger partial charge in [-0.1, -0.05) is 23.7 Å². The van der Waals surface area contributed by atoms with Crippen molar-refractivity contribution in [2.75, 3.05) is 39.4 Å². The summed E-state index contributed by atoms with van der Waals surface area (Å²) in [6.07, 6.45) is 0. The molecule has 0 bridgehead atoms. The second-order valence-electron chi connectivity index (χ2n) is 6.67. The van der Waals surface area contributed by atoms with Gasteiger partial charge in [-0.2, -0.15) is 0 Å². The Morgan fingerprint density at radius 2 is 1.50 bits per heavy atom. The topological polar surface area (TPSA) is 102 Å². The van der Waals surface area contributed by atoms with Crippen molar-refractivity contribution >= 4 is 29.3 Å². The molecule has 2 aromatic rings. The third-order valence-electron chi connectivity index (χ3n) is 4.58. The summed E-state index contributed by atoms with van der Waals surface area (Å²) < 4.78 is 10.8. The summed E-state index contributed by atoms with van der Waals surface area (Å²) in [5.74, 6) is -0.127. The maximum Gasteiger partial charge on any atom is 0.260 e. The minimum Gasteiger partial charge on any atom is -0.484 e. The van der Waals surface area contributed by atoms with Gasteiger partial charge >= 0.3 is 0 Å². The monoisotopic (exact) mass is 431 g/mol. The summed E-state index contributed by atoms with van der Waals surface area (Å²) in [6.45, 7) is 1.18. The second-order valence-corrected chi connectivity index (χ2v) is 7.10. The van der Waals surface area contributed by atoms with Gasteiger partial charge in [0.2, 0.25) is 0 Å². The highest BCUT2D eigenvalue weighted by molar-refractivity contribution is 6.30. The van der Waals surface area contributed by atoms with Crippen LogP contribution in [0.4, 0.5) is 0 Å². The summed E-state index contributed by atoms with van der Waals surface area (Å²) in [5.41, 5.74) is 5.46. The number of hydrogen-bond acceptors (Lipinski definition) is 5. The van der Waals surface area contributed by atoms with Gasteiger partial charge in [0.25, 0.3) is 17.7 Å². The molecular weight excluding hydrogens is 410 g/mol. The van der Waals surface area contributed by atoms with Crippen LogP contribution in [0.15, 0.2) is 48.5 Å². The molecule has 1 aliphatic rings. The van der Waals surface area contributed by atoms with E-state index in [1.165, 1.54) is 0 Å². The molecule has 0 aliphatic carbocycles. The van der Waals surface area contributed by atoms with E-state index in [1.807, 2.05) is 0 Å². The molecule has 3 rings (SSSR count). The van der Waals surface area contributed by atoms with Gasteiger partial charge in [0, 0.05) is 31.2 Å². The quantitative estimate of drug-likeness (QED) is 0.716. The van der Waals surface area contributed by atoms with E-state index < -0.39 is 5.91 Å². The molecule has 1 fully saturated rings. The third kappa shape index (κ3) is 5.64. The SMILES string of the molecule is NC(=O)COc1ccccc1C(=O)N1CCN(C(=O)COc2ccc(Cl)cc2)CC1. The van der Waals surface area contributed by atoms with Crippen LogP contribution in [0.2, 0.25) is 5.02 Å². The third-order valence-corrected chi connectivity index (χ3v) is 4.83. The van der Waals surface area contributed by atoms with Gasteiger partial charge in [-0.25, -0.2) is 0 Å². The molecule has 3 amide bonds. The van der Waals surface area contributed by atoms with Crippen LogP contribution in [0.25, 0.3) is 0 Å². The molecule has 9 heteroatoms. The number of primary amides is 1. The first-order chi connectivity index (χ1) is 14.4. The molecule has 0 atom stereocenters. The Bertz CT molecular complexity index is 911. The van der Waals surface area contributed by atoms with Crippen molar-refractivity contribution in [1.29, 1.82) is 0 Å². The van der Waals surface area contributed by atoms with Crippen LogP contribution in [0, 0.1) is 0 Å². The average molecular weight is 432 g/mol. The standard InChI is InChI=1S/C21H22ClN3O5/c22-15-5-7-16(8-6-15)29-14-20(27)24-9-11-25(12-10-24)21(28)17-3-1-2-4-18(17)30-13-19(23)26/h1-8H,9-14H2,(H2,23,26). The Morgan fingerprint density at radius 1 is 0.867 bits per heavy atom. The van der Waals surface area contributed by atoms with E-state index in [-0.39, 0.29) is 25.0 Å². The lowest BCUT2D eigenvalue weighted by atomic mass is 10.1. The summed E-state index contributed by atoms with van der Waals surface area (Å²) in [4.78, 5) is 39.5. The summed E-state index contributed by atoms with van der Waals surface area (Å²) in [5, 5.41) is 0.594. The van der Waals surface area contributed by atoms with Crippen molar-refractivity contribution in [3.8, 4) is 11.5 Å². The lowest BCUT2D eigenvalue weighted by Crippen LogP contribution is -2.51. The van der Waals surface area contributed by atoms with Gasteiger partial charge in [0.05, 0.1) is 5.56 Å². The smallest absolute Gasteiger partial charge is 0.260 e. The summed E-state index contributed by atoms with van der Waals surface area (Å²) >= 11 is 5.83. The molecule has 2 N–H and O–H groups in total. The largest absolute Gasteiger partial charge is 0.484 e. The Balaban J connectivity index is 1.52. The highest BCUT2D eigenvalue weighted by Gasteiger charge is 2.26. The number of amides is 3. The van der Waals surface area contributed by atoms with Crippen molar-refractivity contribution in [2.45, 2.75) is 0 Å². The Kier molecular flexibility index (Phi) is 7.13. The lowest BCUT2D eigenvalue weighted by Gasteiger charge is -2.35. The number of rotatable bonds is 7. The fourth-order valence-electron chi connectivity index (χ4n) is 3.01. The molecule has 0 unspecified atom stereocenters. The van der Waals surface area contributed by atoms with Crippen LogP contribution >= 0.6 is 11.6 Å². The first-order valence-corrected chi connectivity index (χ1v) is 9.77. The first-order valence-electron chi connectivity index (χ1n) is 9.39. The zero-order valence-electron chi connectivity index (χ0n) is 16.3. The number of hydrogen-bond donors (Lipinski definition) is 1. The van der Waals surface area contributed by atoms with E-state index in [0.29, 0.717) is 48.3 Å². The predicted molar refractivity (Wildman–Crippen MR) is 111 cm³/mol. The molecule has 0 saturated carbocycles. The summed E-state index contributed by atoms with van der Waals surface area (Å²) in [6, 6.07) is 13.5. The van der Waals surface area contributed by atoms with Gasteiger partial charge in [-0.3, -0.25) is 14.4 Å². The normalized spacial score (nSPS) is 13.6. The fraction of sp³-hybridized carbons (Fsp3) is 0.286. The van der Waals surface area contributed by atoms with Crippen LogP contribution in [0.3, 0.4) is 0 Å². The molecule has 158 valence electrons. The molecule has 30 heavy (non-hydrogen) atoms. The molecule has 8 nitrogen and oxygen atoms in total. The number of ether oxygens (including phenoxy) is 2. The maximum atomic E-state index is 12.9. The molecule has 0 spiro atoms. The average Bonchev–Trinajstić information content (AvgIpc) is 2.77. The molecule has 1 saturated heterocycles. The number of halogens is 1. The van der Waals surface area contributed by atoms with E-state index >= 15 is 0 Å². The van der Waals surface area contributed by atoms with Crippen LogP contribution in [-0.2, 0) is 9.59 Å². The second kappa shape index (κ2) is 9.98. The number of nitrogens with zero attached hydrogens (tertiary/aromatic N) is 2. The van der Waals surface area contributed by atoms with E-state index in [0.717, 1.165) is 0 Å². The van der Waals surface area contributed by atoms with Crippen molar-refractivity contribution in [3.63, 3.8) is 0 Å². The molecule has 1 aliphatic heterocycles. The zero-order valence-corrected chi connectivity index (χ0v) is 17.0. The van der Waals surface area contributed by atoms with Crippen molar-refractivity contribution in [1.82, 2.24) is 9.80 Å². The maximum absolute atomic E-state index is 12.9. The van der Waals surface area contributed by atoms with Crippen LogP contribution < -0.4 is 15.2 Å². The zero-order chi connectivity index (χ0) is 21.5. The Morgan fingerprint density at radius 3 is 2.17 bits per heavy atom. The number of carbonyl (C=O) groups excluding carboxylic acids is 3. The predicted octanol–water partition coefficient (Wildman–Crippen LogP) is 1.57. The minimum absolute atomic E-state index is 0.0840. The molecule has 2 aromatic carbocycles. The number of nitrogens with two attached hydrogens (primary N) is 1. The molecule has 0 radical (unpaired) electrons. The van der Waals surface area contributed by atoms with Gasteiger partial charge < -0.3 is 25.0 Å². The van der Waals surface area contributed by atoms with Crippen LogP contribution in [0.5, 0.6) is 11.5 Å². The Labute approximate surface area is 179 Å². The molecule has 1 heterocycles. The van der Waals surface area contributed by atoms with E-state index in [9.17, 15) is 14.4 Å². The number of piperazine rings is 1. The van der Waals surface area contributed by atoms with Crippen LogP contribution in [-0.4, -0.2) is 66.9 Å². The van der Waals surface area contributed by atoms with Gasteiger partial charge in [-0.15, -0.1) is 0 Å². The van der Waals surface area contributed by atoms with E-state index in [2.05, 4.69) is 0 Å². The van der Waals surface area contributed by atoms with Crippen LogP contribution in [0.1, 0.15) is 10.4 Å². The molecular formula is C21H22ClN3O5. The minimum atomic E-state index is -0.620. The number of carbonyl (C=O) groups is 3. The fourth-order valence-corrected chi connectivity index (χ4v) is 3.14. The highest BCUT2D eigenvalue weighted by atomic mass is 35.5. The van der Waals surface area contributed by atoms with Gasteiger partial charge in [0.1, 0.15) is 11.5 Å².